The van der Waals surface area contributed by atoms with Crippen LogP contribution in [0.15, 0.2) is 30.3 Å². The van der Waals surface area contributed by atoms with E-state index in [0.29, 0.717) is 13.0 Å². The summed E-state index contributed by atoms with van der Waals surface area (Å²) >= 11 is 0. The van der Waals surface area contributed by atoms with E-state index in [4.69, 9.17) is 4.74 Å². The van der Waals surface area contributed by atoms with Crippen molar-refractivity contribution >= 4 is 11.7 Å². The summed E-state index contributed by atoms with van der Waals surface area (Å²) in [6, 6.07) is 8.83. The number of hydrogen-bond donors (Lipinski definition) is 3. The van der Waals surface area contributed by atoms with E-state index in [2.05, 4.69) is 10.6 Å². The van der Waals surface area contributed by atoms with Gasteiger partial charge in [-0.05, 0) is 12.1 Å². The van der Waals surface area contributed by atoms with Gasteiger partial charge in [0.25, 0.3) is 0 Å². The van der Waals surface area contributed by atoms with Crippen molar-refractivity contribution in [1.82, 2.24) is 5.32 Å². The van der Waals surface area contributed by atoms with Crippen molar-refractivity contribution in [3.63, 3.8) is 0 Å². The maximum atomic E-state index is 11.5. The predicted molar refractivity (Wildman–Crippen MR) is 63.8 cm³/mol. The number of rotatable bonds is 3. The SMILES string of the molecule is O=C(NC[C@]1(O)CCOC1)Nc1ccccc1. The minimum atomic E-state index is -0.923. The third-order valence-electron chi connectivity index (χ3n) is 2.69. The molecule has 0 aliphatic carbocycles. The van der Waals surface area contributed by atoms with E-state index in [1.54, 1.807) is 12.1 Å². The molecule has 3 N–H and O–H groups in total. The fourth-order valence-electron chi connectivity index (χ4n) is 1.68. The van der Waals surface area contributed by atoms with E-state index in [9.17, 15) is 9.90 Å². The maximum absolute atomic E-state index is 11.5. The van der Waals surface area contributed by atoms with Gasteiger partial charge in [-0.25, -0.2) is 4.79 Å². The van der Waals surface area contributed by atoms with Crippen LogP contribution < -0.4 is 10.6 Å². The van der Waals surface area contributed by atoms with Crippen LogP contribution in [0.1, 0.15) is 6.42 Å². The zero-order valence-electron chi connectivity index (χ0n) is 9.48. The smallest absolute Gasteiger partial charge is 0.319 e. The van der Waals surface area contributed by atoms with Gasteiger partial charge in [-0.15, -0.1) is 0 Å². The van der Waals surface area contributed by atoms with Gasteiger partial charge in [-0.1, -0.05) is 18.2 Å². The number of aliphatic hydroxyl groups is 1. The molecule has 5 heteroatoms. The van der Waals surface area contributed by atoms with Gasteiger partial charge in [-0.2, -0.15) is 0 Å². The molecule has 5 nitrogen and oxygen atoms in total. The molecule has 92 valence electrons. The third kappa shape index (κ3) is 3.44. The number of para-hydroxylation sites is 1. The monoisotopic (exact) mass is 236 g/mol. The molecule has 2 amide bonds. The highest BCUT2D eigenvalue weighted by atomic mass is 16.5. The van der Waals surface area contributed by atoms with Gasteiger partial charge >= 0.3 is 6.03 Å². The van der Waals surface area contributed by atoms with Crippen LogP contribution >= 0.6 is 0 Å². The Labute approximate surface area is 99.8 Å². The van der Waals surface area contributed by atoms with Crippen molar-refractivity contribution in [3.8, 4) is 0 Å². The molecule has 1 saturated heterocycles. The quantitative estimate of drug-likeness (QED) is 0.732. The lowest BCUT2D eigenvalue weighted by atomic mass is 10.0. The highest BCUT2D eigenvalue weighted by Crippen LogP contribution is 2.16. The Morgan fingerprint density at radius 1 is 1.41 bits per heavy atom. The van der Waals surface area contributed by atoms with Crippen molar-refractivity contribution in [2.24, 2.45) is 0 Å². The molecule has 1 aliphatic rings. The topological polar surface area (TPSA) is 70.6 Å². The summed E-state index contributed by atoms with van der Waals surface area (Å²) in [5.41, 5.74) is -0.201. The van der Waals surface area contributed by atoms with Gasteiger partial charge in [-0.3, -0.25) is 0 Å². The van der Waals surface area contributed by atoms with Crippen molar-refractivity contribution < 1.29 is 14.6 Å². The van der Waals surface area contributed by atoms with Crippen LogP contribution in [0.25, 0.3) is 0 Å². The number of amides is 2. The normalized spacial score (nSPS) is 23.4. The molecule has 17 heavy (non-hydrogen) atoms. The van der Waals surface area contributed by atoms with E-state index in [1.165, 1.54) is 0 Å². The minimum Gasteiger partial charge on any atom is -0.386 e. The molecule has 0 saturated carbocycles. The number of carbonyl (C=O) groups is 1. The summed E-state index contributed by atoms with van der Waals surface area (Å²) < 4.78 is 5.09. The van der Waals surface area contributed by atoms with Crippen molar-refractivity contribution in [3.05, 3.63) is 30.3 Å². The van der Waals surface area contributed by atoms with Crippen molar-refractivity contribution in [2.75, 3.05) is 25.1 Å². The number of anilines is 1. The second-order valence-corrected chi connectivity index (χ2v) is 4.20. The molecular weight excluding hydrogens is 220 g/mol. The molecule has 1 atom stereocenters. The van der Waals surface area contributed by atoms with Crippen LogP contribution in [-0.4, -0.2) is 36.5 Å². The molecule has 0 aromatic heterocycles. The van der Waals surface area contributed by atoms with Crippen LogP contribution in [0, 0.1) is 0 Å². The molecule has 1 fully saturated rings. The van der Waals surface area contributed by atoms with E-state index < -0.39 is 5.60 Å². The van der Waals surface area contributed by atoms with Gasteiger partial charge in [0.15, 0.2) is 0 Å². The first-order chi connectivity index (χ1) is 8.18. The first kappa shape index (κ1) is 11.9. The molecular formula is C12H16N2O3. The highest BCUT2D eigenvalue weighted by molar-refractivity contribution is 5.89. The number of nitrogens with one attached hydrogen (secondary N) is 2. The molecule has 1 aromatic rings. The lowest BCUT2D eigenvalue weighted by Gasteiger charge is -2.20. The zero-order chi connectivity index (χ0) is 12.1. The molecule has 1 heterocycles. The van der Waals surface area contributed by atoms with Gasteiger partial charge < -0.3 is 20.5 Å². The number of carbonyl (C=O) groups excluding carboxylic acids is 1. The molecule has 1 aliphatic heterocycles. The molecule has 0 unspecified atom stereocenters. The molecule has 2 rings (SSSR count). The Morgan fingerprint density at radius 2 is 2.18 bits per heavy atom. The van der Waals surface area contributed by atoms with Crippen LogP contribution in [0.2, 0.25) is 0 Å². The standard InChI is InChI=1S/C12H16N2O3/c15-11(14-10-4-2-1-3-5-10)13-8-12(16)6-7-17-9-12/h1-5,16H,6-9H2,(H2,13,14,15)/t12-/m1/s1. The second kappa shape index (κ2) is 5.16. The Kier molecular flexibility index (Phi) is 3.61. The second-order valence-electron chi connectivity index (χ2n) is 4.20. The number of urea groups is 1. The van der Waals surface area contributed by atoms with Gasteiger partial charge in [0.2, 0.25) is 0 Å². The lowest BCUT2D eigenvalue weighted by Crippen LogP contribution is -2.44. The van der Waals surface area contributed by atoms with Crippen molar-refractivity contribution in [2.45, 2.75) is 12.0 Å². The summed E-state index contributed by atoms with van der Waals surface area (Å²) in [7, 11) is 0. The molecule has 0 radical (unpaired) electrons. The van der Waals surface area contributed by atoms with Crippen LogP contribution in [-0.2, 0) is 4.74 Å². The Morgan fingerprint density at radius 3 is 2.82 bits per heavy atom. The fourth-order valence-corrected chi connectivity index (χ4v) is 1.68. The van der Waals surface area contributed by atoms with E-state index in [1.807, 2.05) is 18.2 Å². The first-order valence-electron chi connectivity index (χ1n) is 5.58. The maximum Gasteiger partial charge on any atom is 0.319 e. The third-order valence-corrected chi connectivity index (χ3v) is 2.69. The average Bonchev–Trinajstić information content (AvgIpc) is 2.76. The van der Waals surface area contributed by atoms with E-state index >= 15 is 0 Å². The van der Waals surface area contributed by atoms with Gasteiger partial charge in [0, 0.05) is 18.7 Å². The summed E-state index contributed by atoms with van der Waals surface area (Å²) in [6.07, 6.45) is 0.554. The van der Waals surface area contributed by atoms with Crippen LogP contribution in [0.3, 0.4) is 0 Å². The zero-order valence-corrected chi connectivity index (χ0v) is 9.48. The van der Waals surface area contributed by atoms with Crippen LogP contribution in [0.4, 0.5) is 10.5 Å². The average molecular weight is 236 g/mol. The number of benzene rings is 1. The Bertz CT molecular complexity index is 375. The number of ether oxygens (including phenoxy) is 1. The van der Waals surface area contributed by atoms with Gasteiger partial charge in [0.05, 0.1) is 13.2 Å². The minimum absolute atomic E-state index is 0.200. The molecule has 1 aromatic carbocycles. The Balaban J connectivity index is 1.78. The predicted octanol–water partition coefficient (Wildman–Crippen LogP) is 0.959. The largest absolute Gasteiger partial charge is 0.386 e. The van der Waals surface area contributed by atoms with Crippen LogP contribution in [0.5, 0.6) is 0 Å². The fraction of sp³-hybridized carbons (Fsp3) is 0.417. The summed E-state index contributed by atoms with van der Waals surface area (Å²) in [4.78, 5) is 11.5. The number of hydrogen-bond acceptors (Lipinski definition) is 3. The first-order valence-corrected chi connectivity index (χ1v) is 5.58. The van der Waals surface area contributed by atoms with E-state index in [0.717, 1.165) is 5.69 Å². The summed E-state index contributed by atoms with van der Waals surface area (Å²) in [6.45, 7) is 1.02. The van der Waals surface area contributed by atoms with Crippen molar-refractivity contribution in [1.29, 1.82) is 0 Å². The summed E-state index contributed by atoms with van der Waals surface area (Å²) in [5.74, 6) is 0. The lowest BCUT2D eigenvalue weighted by molar-refractivity contribution is 0.0295. The highest BCUT2D eigenvalue weighted by Gasteiger charge is 2.32. The Hall–Kier alpha value is -1.59. The molecule has 0 spiro atoms. The van der Waals surface area contributed by atoms with Gasteiger partial charge in [0.1, 0.15) is 5.60 Å². The van der Waals surface area contributed by atoms with E-state index in [-0.39, 0.29) is 19.2 Å². The molecule has 0 bridgehead atoms. The summed E-state index contributed by atoms with van der Waals surface area (Å²) in [5, 5.41) is 15.3.